The molecule has 0 radical (unpaired) electrons. The van der Waals surface area contributed by atoms with Crippen molar-refractivity contribution in [3.8, 4) is 57.1 Å². The highest BCUT2D eigenvalue weighted by Gasteiger charge is 2.23. The Hall–Kier alpha value is -5.40. The molecule has 0 aliphatic heterocycles. The molecule has 1 aromatic heterocycles. The van der Waals surface area contributed by atoms with E-state index in [0.29, 0.717) is 33.7 Å². The number of aromatic nitrogens is 2. The first-order chi connectivity index (χ1) is 18.0. The summed E-state index contributed by atoms with van der Waals surface area (Å²) in [4.78, 5) is 0. The van der Waals surface area contributed by atoms with Crippen LogP contribution in [0.25, 0.3) is 39.2 Å². The van der Waals surface area contributed by atoms with Crippen LogP contribution in [0.3, 0.4) is 0 Å². The van der Waals surface area contributed by atoms with E-state index < -0.39 is 5.82 Å². The summed E-state index contributed by atoms with van der Waals surface area (Å²) in [5.74, 6) is 0.307. The molecule has 6 nitrogen and oxygen atoms in total. The molecule has 0 aliphatic rings. The summed E-state index contributed by atoms with van der Waals surface area (Å²) in [5.41, 5.74) is 11.3. The molecular weight excluding hydrogens is 465 g/mol. The summed E-state index contributed by atoms with van der Waals surface area (Å²) in [5, 5.41) is 24.8. The third kappa shape index (κ3) is 4.27. The van der Waals surface area contributed by atoms with Gasteiger partial charge in [0.2, 0.25) is 0 Å². The van der Waals surface area contributed by atoms with E-state index >= 15 is 0 Å². The van der Waals surface area contributed by atoms with Crippen molar-refractivity contribution in [2.24, 2.45) is 0 Å². The van der Waals surface area contributed by atoms with Crippen molar-refractivity contribution in [1.29, 1.82) is 10.5 Å². The maximum absolute atomic E-state index is 13.6. The van der Waals surface area contributed by atoms with Crippen LogP contribution in [0.5, 0.6) is 5.75 Å². The summed E-state index contributed by atoms with van der Waals surface area (Å²) in [6, 6.07) is 28.9. The number of nitriles is 2. The number of halogens is 1. The molecule has 5 rings (SSSR count). The Morgan fingerprint density at radius 1 is 0.811 bits per heavy atom. The lowest BCUT2D eigenvalue weighted by Gasteiger charge is -2.14. The topological polar surface area (TPSA) is 101 Å². The van der Waals surface area contributed by atoms with Gasteiger partial charge in [-0.15, -0.1) is 0 Å². The number of hydrogen-bond acceptors (Lipinski definition) is 5. The van der Waals surface area contributed by atoms with Gasteiger partial charge in [-0.1, -0.05) is 30.3 Å². The molecule has 0 fully saturated rings. The second-order valence-corrected chi connectivity index (χ2v) is 8.27. The van der Waals surface area contributed by atoms with E-state index in [1.54, 1.807) is 30.0 Å². The van der Waals surface area contributed by atoms with Crippen LogP contribution in [0.1, 0.15) is 11.1 Å². The predicted octanol–water partition coefficient (Wildman–Crippen LogP) is 6.35. The number of nitrogens with two attached hydrogens (primary N) is 1. The first kappa shape index (κ1) is 23.3. The van der Waals surface area contributed by atoms with Crippen molar-refractivity contribution in [2.45, 2.75) is 0 Å². The number of para-hydroxylation sites is 1. The number of anilines is 1. The van der Waals surface area contributed by atoms with Crippen LogP contribution in [0.4, 0.5) is 10.1 Å². The molecule has 178 valence electrons. The lowest BCUT2D eigenvalue weighted by atomic mass is 9.89. The fourth-order valence-electron chi connectivity index (χ4n) is 4.26. The monoisotopic (exact) mass is 485 g/mol. The van der Waals surface area contributed by atoms with Crippen LogP contribution >= 0.6 is 0 Å². The number of nitrogen functional groups attached to an aromatic ring is 1. The van der Waals surface area contributed by atoms with E-state index in [0.717, 1.165) is 11.3 Å². The maximum Gasteiger partial charge on any atom is 0.123 e. The zero-order chi connectivity index (χ0) is 25.9. The highest BCUT2D eigenvalue weighted by molar-refractivity contribution is 5.93. The van der Waals surface area contributed by atoms with Crippen LogP contribution in [-0.2, 0) is 0 Å². The van der Waals surface area contributed by atoms with Gasteiger partial charge in [0.15, 0.2) is 0 Å². The average molecular weight is 486 g/mol. The molecule has 0 spiro atoms. The largest absolute Gasteiger partial charge is 0.497 e. The molecule has 0 amide bonds. The minimum Gasteiger partial charge on any atom is -0.497 e. The van der Waals surface area contributed by atoms with Crippen LogP contribution in [0.15, 0.2) is 91.1 Å². The number of methoxy groups -OCH3 is 1. The molecule has 0 unspecified atom stereocenters. The zero-order valence-electron chi connectivity index (χ0n) is 19.8. The third-order valence-corrected chi connectivity index (χ3v) is 6.13. The second kappa shape index (κ2) is 9.69. The summed E-state index contributed by atoms with van der Waals surface area (Å²) in [6.45, 7) is 0. The third-order valence-electron chi connectivity index (χ3n) is 6.13. The van der Waals surface area contributed by atoms with Crippen LogP contribution in [0.2, 0.25) is 0 Å². The van der Waals surface area contributed by atoms with E-state index in [-0.39, 0.29) is 16.8 Å². The smallest absolute Gasteiger partial charge is 0.123 e. The minimum absolute atomic E-state index is 0.0648. The molecule has 7 heteroatoms. The molecule has 37 heavy (non-hydrogen) atoms. The Balaban J connectivity index is 1.81. The normalized spacial score (nSPS) is 10.5. The number of rotatable bonds is 5. The molecule has 0 aliphatic carbocycles. The van der Waals surface area contributed by atoms with Crippen LogP contribution in [-0.4, -0.2) is 16.9 Å². The Morgan fingerprint density at radius 3 is 2.05 bits per heavy atom. The molecule has 0 bridgehead atoms. The molecule has 4 aromatic carbocycles. The molecule has 0 saturated carbocycles. The first-order valence-electron chi connectivity index (χ1n) is 11.4. The Kier molecular flexibility index (Phi) is 6.11. The van der Waals surface area contributed by atoms with Gasteiger partial charge in [0.1, 0.15) is 29.4 Å². The number of ether oxygens (including phenoxy) is 1. The van der Waals surface area contributed by atoms with E-state index in [4.69, 9.17) is 15.6 Å². The van der Waals surface area contributed by atoms with Crippen molar-refractivity contribution >= 4 is 5.69 Å². The van der Waals surface area contributed by atoms with E-state index in [9.17, 15) is 14.9 Å². The predicted molar refractivity (Wildman–Crippen MR) is 140 cm³/mol. The Labute approximate surface area is 213 Å². The number of hydrogen-bond donors (Lipinski definition) is 1. The second-order valence-electron chi connectivity index (χ2n) is 8.27. The average Bonchev–Trinajstić information content (AvgIpc) is 3.39. The number of benzene rings is 4. The van der Waals surface area contributed by atoms with Crippen molar-refractivity contribution < 1.29 is 9.13 Å². The van der Waals surface area contributed by atoms with Gasteiger partial charge in [0, 0.05) is 28.5 Å². The standard InChI is InChI=1S/C30H20FN5O/c1-37-23-13-9-20(10-14-23)30-28(18-36(35-30)22-5-3-2-4-6-22)25-15-24(19-7-11-21(31)12-8-19)26(16-32)29(34)27(25)17-33/h2-15,18H,34H2,1H3. The zero-order valence-corrected chi connectivity index (χ0v) is 19.8. The highest BCUT2D eigenvalue weighted by Crippen LogP contribution is 2.41. The Morgan fingerprint density at radius 2 is 1.43 bits per heavy atom. The first-order valence-corrected chi connectivity index (χ1v) is 11.4. The van der Waals surface area contributed by atoms with Gasteiger partial charge in [-0.05, 0) is 60.2 Å². The van der Waals surface area contributed by atoms with Crippen molar-refractivity contribution in [3.05, 3.63) is 108 Å². The molecule has 5 aromatic rings. The van der Waals surface area contributed by atoms with E-state index in [1.807, 2.05) is 60.8 Å². The van der Waals surface area contributed by atoms with Gasteiger partial charge < -0.3 is 10.5 Å². The minimum atomic E-state index is -0.393. The van der Waals surface area contributed by atoms with Crippen molar-refractivity contribution in [3.63, 3.8) is 0 Å². The van der Waals surface area contributed by atoms with Gasteiger partial charge in [-0.25, -0.2) is 9.07 Å². The molecule has 0 saturated heterocycles. The summed E-state index contributed by atoms with van der Waals surface area (Å²) in [6.07, 6.45) is 1.84. The van der Waals surface area contributed by atoms with Gasteiger partial charge >= 0.3 is 0 Å². The summed E-state index contributed by atoms with van der Waals surface area (Å²) >= 11 is 0. The quantitative estimate of drug-likeness (QED) is 0.293. The SMILES string of the molecule is COc1ccc(-c2nn(-c3ccccc3)cc2-c2cc(-c3ccc(F)cc3)c(C#N)c(N)c2C#N)cc1. The van der Waals surface area contributed by atoms with Gasteiger partial charge in [0.05, 0.1) is 29.6 Å². The maximum atomic E-state index is 13.6. The summed E-state index contributed by atoms with van der Waals surface area (Å²) in [7, 11) is 1.60. The van der Waals surface area contributed by atoms with Crippen LogP contribution in [0, 0.1) is 28.5 Å². The van der Waals surface area contributed by atoms with Crippen molar-refractivity contribution in [2.75, 3.05) is 12.8 Å². The summed E-state index contributed by atoms with van der Waals surface area (Å²) < 4.78 is 20.7. The van der Waals surface area contributed by atoms with E-state index in [2.05, 4.69) is 12.1 Å². The van der Waals surface area contributed by atoms with Crippen LogP contribution < -0.4 is 10.5 Å². The van der Waals surface area contributed by atoms with Gasteiger partial charge in [-0.2, -0.15) is 15.6 Å². The number of nitrogens with zero attached hydrogens (tertiary/aromatic N) is 4. The fourth-order valence-corrected chi connectivity index (χ4v) is 4.26. The fraction of sp³-hybridized carbons (Fsp3) is 0.0333. The van der Waals surface area contributed by atoms with Gasteiger partial charge in [-0.3, -0.25) is 0 Å². The van der Waals surface area contributed by atoms with E-state index in [1.165, 1.54) is 12.1 Å². The lowest BCUT2D eigenvalue weighted by Crippen LogP contribution is -2.01. The molecule has 2 N–H and O–H groups in total. The Bertz CT molecular complexity index is 1680. The molecular formula is C30H20FN5O. The highest BCUT2D eigenvalue weighted by atomic mass is 19.1. The molecule has 0 atom stereocenters. The van der Waals surface area contributed by atoms with Crippen molar-refractivity contribution in [1.82, 2.24) is 9.78 Å². The molecule has 1 heterocycles. The lowest BCUT2D eigenvalue weighted by molar-refractivity contribution is 0.415. The van der Waals surface area contributed by atoms with Gasteiger partial charge in [0.25, 0.3) is 0 Å².